The number of benzene rings is 3. The quantitative estimate of drug-likeness (QED) is 0.531. The van der Waals surface area contributed by atoms with Crippen LogP contribution in [0.5, 0.6) is 0 Å². The highest BCUT2D eigenvalue weighted by molar-refractivity contribution is 7.90. The average molecular weight is 474 g/mol. The van der Waals surface area contributed by atoms with E-state index in [0.29, 0.717) is 11.1 Å². The second kappa shape index (κ2) is 10.1. The van der Waals surface area contributed by atoms with Gasteiger partial charge in [0.2, 0.25) is 0 Å². The van der Waals surface area contributed by atoms with Crippen LogP contribution in [0.15, 0.2) is 72.8 Å². The van der Waals surface area contributed by atoms with Crippen molar-refractivity contribution in [2.24, 2.45) is 0 Å². The molecule has 0 aliphatic carbocycles. The normalized spacial score (nSPS) is 12.4. The number of para-hydroxylation sites is 1. The molecule has 0 saturated heterocycles. The number of nitrogens with zero attached hydrogens (tertiary/aromatic N) is 2. The molecule has 0 saturated carbocycles. The second-order valence-electron chi connectivity index (χ2n) is 7.69. The molecule has 0 heterocycles. The fourth-order valence-corrected chi connectivity index (χ4v) is 4.29. The van der Waals surface area contributed by atoms with Crippen LogP contribution in [-0.2, 0) is 16.8 Å². The third-order valence-corrected chi connectivity index (χ3v) is 6.93. The highest BCUT2D eigenvalue weighted by Gasteiger charge is 2.27. The third-order valence-electron chi connectivity index (χ3n) is 5.12. The standard InChI is InChI=1S/C24H25F2N3O3S/c1-17(19-12-14-21(25)15-13-19)27-24(30)20-10-8-18(9-11-20)16-29(33(31,32)28(2)3)23-7-5-4-6-22(23)26/h4-15,17H,16H2,1-3H3,(H,27,30)/t17-/m0/s1. The summed E-state index contributed by atoms with van der Waals surface area (Å²) < 4.78 is 55.2. The zero-order valence-corrected chi connectivity index (χ0v) is 19.3. The molecule has 3 rings (SSSR count). The van der Waals surface area contributed by atoms with Crippen LogP contribution < -0.4 is 9.62 Å². The zero-order valence-electron chi connectivity index (χ0n) is 18.5. The molecule has 0 aliphatic heterocycles. The molecule has 0 spiro atoms. The molecule has 1 atom stereocenters. The molecule has 0 radical (unpaired) electrons. The lowest BCUT2D eigenvalue weighted by Gasteiger charge is -2.27. The topological polar surface area (TPSA) is 69.7 Å². The van der Waals surface area contributed by atoms with E-state index < -0.39 is 16.0 Å². The highest BCUT2D eigenvalue weighted by Crippen LogP contribution is 2.25. The van der Waals surface area contributed by atoms with Crippen molar-refractivity contribution in [3.05, 3.63) is 101 Å². The number of rotatable bonds is 8. The Hall–Kier alpha value is -3.30. The van der Waals surface area contributed by atoms with Gasteiger partial charge in [0.1, 0.15) is 11.6 Å². The van der Waals surface area contributed by atoms with Crippen molar-refractivity contribution in [2.75, 3.05) is 18.4 Å². The van der Waals surface area contributed by atoms with Crippen LogP contribution >= 0.6 is 0 Å². The largest absolute Gasteiger partial charge is 0.346 e. The minimum Gasteiger partial charge on any atom is -0.346 e. The number of hydrogen-bond donors (Lipinski definition) is 1. The predicted octanol–water partition coefficient (Wildman–Crippen LogP) is 4.27. The summed E-state index contributed by atoms with van der Waals surface area (Å²) in [5, 5.41) is 2.84. The summed E-state index contributed by atoms with van der Waals surface area (Å²) in [7, 11) is -1.22. The molecule has 1 N–H and O–H groups in total. The zero-order chi connectivity index (χ0) is 24.2. The van der Waals surface area contributed by atoms with Crippen LogP contribution in [-0.4, -0.2) is 32.7 Å². The number of amides is 1. The van der Waals surface area contributed by atoms with E-state index in [2.05, 4.69) is 5.32 Å². The fraction of sp³-hybridized carbons (Fsp3) is 0.208. The summed E-state index contributed by atoms with van der Waals surface area (Å²) in [6, 6.07) is 17.6. The van der Waals surface area contributed by atoms with Crippen molar-refractivity contribution < 1.29 is 22.0 Å². The van der Waals surface area contributed by atoms with Crippen LogP contribution in [0.3, 0.4) is 0 Å². The lowest BCUT2D eigenvalue weighted by Crippen LogP contribution is -2.40. The minimum absolute atomic E-state index is 0.0684. The van der Waals surface area contributed by atoms with Gasteiger partial charge < -0.3 is 5.32 Å². The number of halogens is 2. The monoisotopic (exact) mass is 473 g/mol. The first kappa shape index (κ1) is 24.3. The molecule has 1 amide bonds. The summed E-state index contributed by atoms with van der Waals surface area (Å²) >= 11 is 0. The maximum absolute atomic E-state index is 14.4. The van der Waals surface area contributed by atoms with Gasteiger partial charge in [-0.05, 0) is 54.4 Å². The molecular weight excluding hydrogens is 448 g/mol. The lowest BCUT2D eigenvalue weighted by molar-refractivity contribution is 0.0940. The van der Waals surface area contributed by atoms with E-state index in [0.717, 1.165) is 14.2 Å². The average Bonchev–Trinajstić information content (AvgIpc) is 2.78. The van der Waals surface area contributed by atoms with Gasteiger partial charge in [-0.25, -0.2) is 8.78 Å². The van der Waals surface area contributed by atoms with Crippen molar-refractivity contribution in [1.29, 1.82) is 0 Å². The number of nitrogens with one attached hydrogen (secondary N) is 1. The number of carbonyl (C=O) groups is 1. The summed E-state index contributed by atoms with van der Waals surface area (Å²) in [6.45, 7) is 1.67. The Morgan fingerprint density at radius 2 is 1.55 bits per heavy atom. The maximum atomic E-state index is 14.4. The minimum atomic E-state index is -3.97. The Balaban J connectivity index is 1.78. The van der Waals surface area contributed by atoms with E-state index in [9.17, 15) is 22.0 Å². The Kier molecular flexibility index (Phi) is 7.45. The van der Waals surface area contributed by atoms with Gasteiger partial charge >= 0.3 is 10.2 Å². The maximum Gasteiger partial charge on any atom is 0.303 e. The molecule has 0 bridgehead atoms. The van der Waals surface area contributed by atoms with E-state index in [1.807, 2.05) is 0 Å². The molecular formula is C24H25F2N3O3S. The van der Waals surface area contributed by atoms with Gasteiger partial charge in [-0.2, -0.15) is 12.7 Å². The van der Waals surface area contributed by atoms with Crippen LogP contribution in [0.2, 0.25) is 0 Å². The van der Waals surface area contributed by atoms with E-state index in [4.69, 9.17) is 0 Å². The second-order valence-corrected chi connectivity index (χ2v) is 9.76. The highest BCUT2D eigenvalue weighted by atomic mass is 32.2. The summed E-state index contributed by atoms with van der Waals surface area (Å²) in [5.74, 6) is -1.34. The molecule has 0 aromatic heterocycles. The van der Waals surface area contributed by atoms with Crippen molar-refractivity contribution in [3.63, 3.8) is 0 Å². The summed E-state index contributed by atoms with van der Waals surface area (Å²) in [6.07, 6.45) is 0. The first-order valence-corrected chi connectivity index (χ1v) is 11.6. The Morgan fingerprint density at radius 1 is 0.939 bits per heavy atom. The van der Waals surface area contributed by atoms with E-state index in [1.54, 1.807) is 49.4 Å². The summed E-state index contributed by atoms with van der Waals surface area (Å²) in [5.41, 5.74) is 1.64. The van der Waals surface area contributed by atoms with E-state index >= 15 is 0 Å². The van der Waals surface area contributed by atoms with Crippen molar-refractivity contribution >= 4 is 21.8 Å². The fourth-order valence-electron chi connectivity index (χ4n) is 3.18. The Morgan fingerprint density at radius 3 is 2.12 bits per heavy atom. The molecule has 0 fully saturated rings. The van der Waals surface area contributed by atoms with Crippen LogP contribution in [0, 0.1) is 11.6 Å². The number of hydrogen-bond acceptors (Lipinski definition) is 3. The van der Waals surface area contributed by atoms with Crippen LogP contribution in [0.25, 0.3) is 0 Å². The summed E-state index contributed by atoms with van der Waals surface area (Å²) in [4.78, 5) is 12.6. The van der Waals surface area contributed by atoms with Crippen LogP contribution in [0.4, 0.5) is 14.5 Å². The molecule has 9 heteroatoms. The number of anilines is 1. The van der Waals surface area contributed by atoms with Gasteiger partial charge in [-0.3, -0.25) is 9.10 Å². The van der Waals surface area contributed by atoms with Gasteiger partial charge in [0.05, 0.1) is 18.3 Å². The van der Waals surface area contributed by atoms with Gasteiger partial charge in [-0.15, -0.1) is 0 Å². The predicted molar refractivity (Wildman–Crippen MR) is 124 cm³/mol. The molecule has 174 valence electrons. The van der Waals surface area contributed by atoms with Crippen molar-refractivity contribution in [3.8, 4) is 0 Å². The molecule has 0 unspecified atom stereocenters. The first-order chi connectivity index (χ1) is 15.6. The third kappa shape index (κ3) is 5.74. The Bertz CT molecular complexity index is 1210. The molecule has 3 aromatic rings. The van der Waals surface area contributed by atoms with Gasteiger partial charge in [0.15, 0.2) is 0 Å². The Labute approximate surface area is 192 Å². The van der Waals surface area contributed by atoms with E-state index in [1.165, 1.54) is 44.4 Å². The van der Waals surface area contributed by atoms with Crippen LogP contribution in [0.1, 0.15) is 34.5 Å². The smallest absolute Gasteiger partial charge is 0.303 e. The molecule has 0 aliphatic rings. The van der Waals surface area contributed by atoms with Crippen molar-refractivity contribution in [1.82, 2.24) is 9.62 Å². The first-order valence-electron chi connectivity index (χ1n) is 10.2. The van der Waals surface area contributed by atoms with Gasteiger partial charge in [0, 0.05) is 19.7 Å². The molecule has 33 heavy (non-hydrogen) atoms. The van der Waals surface area contributed by atoms with Gasteiger partial charge in [-0.1, -0.05) is 36.4 Å². The number of carbonyl (C=O) groups excluding carboxylic acids is 1. The molecule has 6 nitrogen and oxygen atoms in total. The molecule has 3 aromatic carbocycles. The van der Waals surface area contributed by atoms with Gasteiger partial charge in [0.25, 0.3) is 5.91 Å². The SMILES string of the molecule is C[C@H](NC(=O)c1ccc(CN(c2ccccc2F)S(=O)(=O)N(C)C)cc1)c1ccc(F)cc1. The lowest BCUT2D eigenvalue weighted by atomic mass is 10.1. The van der Waals surface area contributed by atoms with E-state index in [-0.39, 0.29) is 30.0 Å². The van der Waals surface area contributed by atoms with Crippen molar-refractivity contribution in [2.45, 2.75) is 19.5 Å².